The Hall–Kier alpha value is -3.40. The van der Waals surface area contributed by atoms with Gasteiger partial charge in [0.05, 0.1) is 19.1 Å². The van der Waals surface area contributed by atoms with Crippen LogP contribution in [0.2, 0.25) is 0 Å². The van der Waals surface area contributed by atoms with Gasteiger partial charge in [0.15, 0.2) is 23.0 Å². The number of methoxy groups -OCH3 is 2. The van der Waals surface area contributed by atoms with Crippen LogP contribution in [0.4, 0.5) is 5.88 Å². The predicted molar refractivity (Wildman–Crippen MR) is 117 cm³/mol. The second-order valence-electron chi connectivity index (χ2n) is 7.33. The molecule has 0 saturated carbocycles. The van der Waals surface area contributed by atoms with E-state index >= 15 is 0 Å². The largest absolute Gasteiger partial charge is 0.493 e. The van der Waals surface area contributed by atoms with E-state index in [0.717, 1.165) is 0 Å². The Kier molecular flexibility index (Phi) is 5.88. The maximum absolute atomic E-state index is 13.5. The van der Waals surface area contributed by atoms with Crippen molar-refractivity contribution in [2.24, 2.45) is 0 Å². The molecule has 0 aliphatic carbocycles. The van der Waals surface area contributed by atoms with E-state index in [1.807, 2.05) is 13.8 Å². The summed E-state index contributed by atoms with van der Waals surface area (Å²) in [6.45, 7) is 4.52. The topological polar surface area (TPSA) is 109 Å². The molecule has 0 bridgehead atoms. The number of benzene rings is 2. The average molecular weight is 461 g/mol. The summed E-state index contributed by atoms with van der Waals surface area (Å²) in [6, 6.07) is 9.47. The summed E-state index contributed by atoms with van der Waals surface area (Å²) >= 11 is 0. The number of anilines is 1. The maximum atomic E-state index is 13.5. The maximum Gasteiger partial charge on any atom is 0.234 e. The van der Waals surface area contributed by atoms with Crippen molar-refractivity contribution < 1.29 is 31.8 Å². The highest BCUT2D eigenvalue weighted by atomic mass is 32.2. The van der Waals surface area contributed by atoms with Crippen LogP contribution in [0, 0.1) is 0 Å². The number of fused-ring (bicyclic) bond motifs is 1. The first-order valence-corrected chi connectivity index (χ1v) is 11.5. The third-order valence-electron chi connectivity index (χ3n) is 4.72. The van der Waals surface area contributed by atoms with Crippen LogP contribution in [0.1, 0.15) is 13.8 Å². The summed E-state index contributed by atoms with van der Waals surface area (Å²) in [7, 11) is -0.976. The predicted octanol–water partition coefficient (Wildman–Crippen LogP) is 3.78. The zero-order valence-corrected chi connectivity index (χ0v) is 19.0. The van der Waals surface area contributed by atoms with E-state index in [-0.39, 0.29) is 27.7 Å². The van der Waals surface area contributed by atoms with Crippen LogP contribution in [0.5, 0.6) is 23.0 Å². The first-order chi connectivity index (χ1) is 15.3. The number of nitrogens with zero attached hydrogens (tertiary/aromatic N) is 1. The van der Waals surface area contributed by atoms with Crippen LogP contribution in [0.25, 0.3) is 11.5 Å². The van der Waals surface area contributed by atoms with Crippen molar-refractivity contribution in [3.8, 4) is 34.5 Å². The molecule has 1 aliphatic rings. The highest BCUT2D eigenvalue weighted by Gasteiger charge is 2.30. The van der Waals surface area contributed by atoms with Gasteiger partial charge in [-0.25, -0.2) is 8.42 Å². The first kappa shape index (κ1) is 21.8. The fourth-order valence-electron chi connectivity index (χ4n) is 3.24. The molecule has 0 atom stereocenters. The van der Waals surface area contributed by atoms with Crippen molar-refractivity contribution in [1.82, 2.24) is 4.98 Å². The molecule has 1 aromatic heterocycles. The van der Waals surface area contributed by atoms with Gasteiger partial charge in [-0.3, -0.25) is 0 Å². The summed E-state index contributed by atoms with van der Waals surface area (Å²) in [5.74, 6) is 2.07. The third-order valence-corrected chi connectivity index (χ3v) is 6.39. The zero-order chi connectivity index (χ0) is 22.9. The normalized spacial score (nSPS) is 13.2. The van der Waals surface area contributed by atoms with E-state index in [2.05, 4.69) is 10.3 Å². The van der Waals surface area contributed by atoms with E-state index in [1.54, 1.807) is 24.3 Å². The first-order valence-electron chi connectivity index (χ1n) is 9.98. The molecule has 32 heavy (non-hydrogen) atoms. The molecule has 0 saturated heterocycles. The quantitative estimate of drug-likeness (QED) is 0.563. The number of rotatable bonds is 7. The molecule has 0 amide bonds. The second kappa shape index (κ2) is 8.62. The lowest BCUT2D eigenvalue weighted by atomic mass is 10.2. The van der Waals surface area contributed by atoms with E-state index in [9.17, 15) is 8.42 Å². The molecule has 0 fully saturated rings. The second-order valence-corrected chi connectivity index (χ2v) is 9.20. The van der Waals surface area contributed by atoms with Gasteiger partial charge >= 0.3 is 0 Å². The molecule has 0 unspecified atom stereocenters. The molecule has 1 aliphatic heterocycles. The van der Waals surface area contributed by atoms with Crippen molar-refractivity contribution in [3.63, 3.8) is 0 Å². The summed E-state index contributed by atoms with van der Waals surface area (Å²) < 4.78 is 54.4. The van der Waals surface area contributed by atoms with Gasteiger partial charge in [-0.15, -0.1) is 0 Å². The van der Waals surface area contributed by atoms with Gasteiger partial charge in [-0.05, 0) is 44.2 Å². The van der Waals surface area contributed by atoms with Crippen molar-refractivity contribution in [1.29, 1.82) is 0 Å². The molecular weight excluding hydrogens is 436 g/mol. The van der Waals surface area contributed by atoms with Gasteiger partial charge in [0.25, 0.3) is 0 Å². The van der Waals surface area contributed by atoms with Gasteiger partial charge < -0.3 is 28.7 Å². The molecule has 170 valence electrons. The van der Waals surface area contributed by atoms with E-state index in [4.69, 9.17) is 23.4 Å². The number of oxazole rings is 1. The van der Waals surface area contributed by atoms with Gasteiger partial charge in [0, 0.05) is 17.7 Å². The standard InChI is InChI=1S/C22H24N2O7S/c1-13(2)23-21-22(24-20(31-21)14-5-7-16(27-3)18(11-14)28-4)32(25,26)15-6-8-17-19(12-15)30-10-9-29-17/h5-8,11-13,23H,9-10H2,1-4H3. The van der Waals surface area contributed by atoms with Gasteiger partial charge in [-0.1, -0.05) is 0 Å². The molecule has 4 rings (SSSR count). The minimum Gasteiger partial charge on any atom is -0.493 e. The van der Waals surface area contributed by atoms with Crippen LogP contribution in [0.15, 0.2) is 50.7 Å². The van der Waals surface area contributed by atoms with Gasteiger partial charge in [-0.2, -0.15) is 4.98 Å². The van der Waals surface area contributed by atoms with Crippen LogP contribution in [0.3, 0.4) is 0 Å². The smallest absolute Gasteiger partial charge is 0.234 e. The third kappa shape index (κ3) is 4.05. The highest BCUT2D eigenvalue weighted by molar-refractivity contribution is 7.91. The number of nitrogens with one attached hydrogen (secondary N) is 1. The summed E-state index contributed by atoms with van der Waals surface area (Å²) in [6.07, 6.45) is 0. The van der Waals surface area contributed by atoms with Gasteiger partial charge in [0.2, 0.25) is 26.6 Å². The van der Waals surface area contributed by atoms with Crippen molar-refractivity contribution in [2.45, 2.75) is 29.8 Å². The zero-order valence-electron chi connectivity index (χ0n) is 18.2. The summed E-state index contributed by atoms with van der Waals surface area (Å²) in [4.78, 5) is 4.37. The van der Waals surface area contributed by atoms with Crippen LogP contribution < -0.4 is 24.3 Å². The molecule has 2 heterocycles. The highest BCUT2D eigenvalue weighted by Crippen LogP contribution is 2.38. The number of hydrogen-bond acceptors (Lipinski definition) is 9. The number of sulfone groups is 1. The van der Waals surface area contributed by atoms with Crippen LogP contribution in [-0.4, -0.2) is 46.9 Å². The molecule has 9 nitrogen and oxygen atoms in total. The van der Waals surface area contributed by atoms with E-state index in [0.29, 0.717) is 41.8 Å². The minimum absolute atomic E-state index is 0.0284. The van der Waals surface area contributed by atoms with Crippen LogP contribution in [-0.2, 0) is 9.84 Å². The SMILES string of the molecule is COc1ccc(-c2nc(S(=O)(=O)c3ccc4c(c3)OCCO4)c(NC(C)C)o2)cc1OC. The Bertz CT molecular complexity index is 1240. The van der Waals surface area contributed by atoms with Crippen molar-refractivity contribution in [3.05, 3.63) is 36.4 Å². The van der Waals surface area contributed by atoms with Crippen LogP contribution >= 0.6 is 0 Å². The van der Waals surface area contributed by atoms with Crippen molar-refractivity contribution >= 4 is 15.7 Å². The molecule has 2 aromatic carbocycles. The molecule has 0 spiro atoms. The lowest BCUT2D eigenvalue weighted by Gasteiger charge is -2.18. The average Bonchev–Trinajstić information content (AvgIpc) is 3.22. The number of hydrogen-bond donors (Lipinski definition) is 1. The number of ether oxygens (including phenoxy) is 4. The minimum atomic E-state index is -4.02. The molecule has 1 N–H and O–H groups in total. The molecule has 3 aromatic rings. The Labute approximate surface area is 186 Å². The lowest BCUT2D eigenvalue weighted by Crippen LogP contribution is -2.16. The fourth-order valence-corrected chi connectivity index (χ4v) is 4.52. The fraction of sp³-hybridized carbons (Fsp3) is 0.318. The van der Waals surface area contributed by atoms with E-state index in [1.165, 1.54) is 26.4 Å². The molecular formula is C22H24N2O7S. The number of aromatic nitrogens is 1. The Balaban J connectivity index is 1.80. The van der Waals surface area contributed by atoms with E-state index < -0.39 is 9.84 Å². The summed E-state index contributed by atoms with van der Waals surface area (Å²) in [5.41, 5.74) is 0.540. The summed E-state index contributed by atoms with van der Waals surface area (Å²) in [5, 5.41) is 2.82. The van der Waals surface area contributed by atoms with Gasteiger partial charge in [0.1, 0.15) is 13.2 Å². The Morgan fingerprint density at radius 3 is 2.38 bits per heavy atom. The Morgan fingerprint density at radius 1 is 0.969 bits per heavy atom. The lowest BCUT2D eigenvalue weighted by molar-refractivity contribution is 0.171. The van der Waals surface area contributed by atoms with Crippen molar-refractivity contribution in [2.75, 3.05) is 32.8 Å². The monoisotopic (exact) mass is 460 g/mol. The Morgan fingerprint density at radius 2 is 1.69 bits per heavy atom. The molecule has 0 radical (unpaired) electrons. The molecule has 10 heteroatoms.